The van der Waals surface area contributed by atoms with Gasteiger partial charge in [0, 0.05) is 25.4 Å². The molecule has 0 spiro atoms. The minimum absolute atomic E-state index is 0.178. The van der Waals surface area contributed by atoms with Crippen molar-refractivity contribution in [1.82, 2.24) is 10.3 Å². The van der Waals surface area contributed by atoms with Crippen molar-refractivity contribution in [2.45, 2.75) is 6.10 Å². The molecule has 5 heteroatoms. The van der Waals surface area contributed by atoms with Crippen molar-refractivity contribution in [2.75, 3.05) is 27.3 Å². The maximum atomic E-state index is 5.72. The third-order valence-electron chi connectivity index (χ3n) is 2.28. The van der Waals surface area contributed by atoms with Crippen LogP contribution in [0.2, 0.25) is 0 Å². The number of nitrogens with one attached hydrogen (secondary N) is 1. The smallest absolute Gasteiger partial charge is 0.260 e. The highest BCUT2D eigenvalue weighted by Crippen LogP contribution is 2.35. The standard InChI is InChI=1S/C10H14N2O3/c1-13-8-3-4-12-10(14-2)9(8)15-7-5-11-6-7/h3-4,7,11H,5-6H2,1-2H3. The Bertz CT molecular complexity index is 317. The summed E-state index contributed by atoms with van der Waals surface area (Å²) >= 11 is 0. The van der Waals surface area contributed by atoms with E-state index in [0.717, 1.165) is 13.1 Å². The van der Waals surface area contributed by atoms with Gasteiger partial charge < -0.3 is 19.5 Å². The summed E-state index contributed by atoms with van der Waals surface area (Å²) in [6, 6.07) is 1.75. The molecule has 1 aromatic heterocycles. The summed E-state index contributed by atoms with van der Waals surface area (Å²) in [4.78, 5) is 4.07. The number of methoxy groups -OCH3 is 2. The monoisotopic (exact) mass is 210 g/mol. The molecule has 0 saturated carbocycles. The third-order valence-corrected chi connectivity index (χ3v) is 2.28. The van der Waals surface area contributed by atoms with E-state index in [-0.39, 0.29) is 6.10 Å². The van der Waals surface area contributed by atoms with Gasteiger partial charge in [-0.3, -0.25) is 0 Å². The maximum Gasteiger partial charge on any atom is 0.260 e. The van der Waals surface area contributed by atoms with Crippen LogP contribution in [0.5, 0.6) is 17.4 Å². The molecule has 0 radical (unpaired) electrons. The fourth-order valence-corrected chi connectivity index (χ4v) is 1.34. The molecule has 0 aliphatic carbocycles. The van der Waals surface area contributed by atoms with Crippen LogP contribution in [0, 0.1) is 0 Å². The Morgan fingerprint density at radius 1 is 1.33 bits per heavy atom. The molecule has 0 unspecified atom stereocenters. The Kier molecular flexibility index (Phi) is 2.91. The lowest BCUT2D eigenvalue weighted by molar-refractivity contribution is 0.131. The quantitative estimate of drug-likeness (QED) is 0.782. The molecule has 1 saturated heterocycles. The van der Waals surface area contributed by atoms with Crippen LogP contribution in [0.4, 0.5) is 0 Å². The Morgan fingerprint density at radius 2 is 2.13 bits per heavy atom. The summed E-state index contributed by atoms with van der Waals surface area (Å²) in [5.74, 6) is 1.68. The van der Waals surface area contributed by atoms with Gasteiger partial charge in [-0.05, 0) is 0 Å². The Balaban J connectivity index is 2.23. The number of aromatic nitrogens is 1. The first-order valence-corrected chi connectivity index (χ1v) is 4.79. The Labute approximate surface area is 88.4 Å². The molecule has 1 fully saturated rings. The van der Waals surface area contributed by atoms with Crippen molar-refractivity contribution in [3.63, 3.8) is 0 Å². The van der Waals surface area contributed by atoms with Gasteiger partial charge in [0.1, 0.15) is 6.10 Å². The molecule has 1 aliphatic heterocycles. The van der Waals surface area contributed by atoms with Gasteiger partial charge in [0.2, 0.25) is 5.75 Å². The second-order valence-electron chi connectivity index (χ2n) is 3.25. The zero-order chi connectivity index (χ0) is 10.7. The summed E-state index contributed by atoms with van der Waals surface area (Å²) in [6.45, 7) is 1.70. The fourth-order valence-electron chi connectivity index (χ4n) is 1.34. The van der Waals surface area contributed by atoms with Crippen molar-refractivity contribution in [2.24, 2.45) is 0 Å². The van der Waals surface area contributed by atoms with Gasteiger partial charge in [0.25, 0.3) is 5.88 Å². The summed E-state index contributed by atoms with van der Waals surface area (Å²) < 4.78 is 16.0. The first kappa shape index (κ1) is 10.0. The molecule has 0 bridgehead atoms. The van der Waals surface area contributed by atoms with Crippen LogP contribution in [0.1, 0.15) is 0 Å². The van der Waals surface area contributed by atoms with Crippen LogP contribution in [-0.4, -0.2) is 38.4 Å². The van der Waals surface area contributed by atoms with Crippen LogP contribution < -0.4 is 19.5 Å². The number of pyridine rings is 1. The largest absolute Gasteiger partial charge is 0.493 e. The van der Waals surface area contributed by atoms with Crippen LogP contribution in [0.25, 0.3) is 0 Å². The molecular formula is C10H14N2O3. The van der Waals surface area contributed by atoms with Gasteiger partial charge in [-0.25, -0.2) is 4.98 Å². The predicted octanol–water partition coefficient (Wildman–Crippen LogP) is 0.449. The molecule has 15 heavy (non-hydrogen) atoms. The second kappa shape index (κ2) is 4.35. The van der Waals surface area contributed by atoms with Crippen molar-refractivity contribution >= 4 is 0 Å². The Morgan fingerprint density at radius 3 is 2.67 bits per heavy atom. The SMILES string of the molecule is COc1ccnc(OC)c1OC1CNC1. The molecule has 1 aromatic rings. The average molecular weight is 210 g/mol. The highest BCUT2D eigenvalue weighted by Gasteiger charge is 2.23. The second-order valence-corrected chi connectivity index (χ2v) is 3.25. The molecule has 0 aromatic carbocycles. The zero-order valence-corrected chi connectivity index (χ0v) is 8.82. The van der Waals surface area contributed by atoms with E-state index >= 15 is 0 Å². The van der Waals surface area contributed by atoms with Crippen molar-refractivity contribution in [3.8, 4) is 17.4 Å². The molecular weight excluding hydrogens is 196 g/mol. The molecule has 2 heterocycles. The van der Waals surface area contributed by atoms with Crippen LogP contribution in [0.15, 0.2) is 12.3 Å². The topological polar surface area (TPSA) is 52.6 Å². The van der Waals surface area contributed by atoms with Crippen molar-refractivity contribution < 1.29 is 14.2 Å². The number of ether oxygens (including phenoxy) is 3. The van der Waals surface area contributed by atoms with E-state index in [1.165, 1.54) is 0 Å². The maximum absolute atomic E-state index is 5.72. The van der Waals surface area contributed by atoms with Crippen LogP contribution in [-0.2, 0) is 0 Å². The third kappa shape index (κ3) is 1.97. The fraction of sp³-hybridized carbons (Fsp3) is 0.500. The summed E-state index contributed by atoms with van der Waals surface area (Å²) in [5, 5.41) is 3.13. The molecule has 5 nitrogen and oxygen atoms in total. The normalized spacial score (nSPS) is 15.6. The molecule has 0 amide bonds. The van der Waals surface area contributed by atoms with Gasteiger partial charge in [-0.15, -0.1) is 0 Å². The molecule has 82 valence electrons. The van der Waals surface area contributed by atoms with E-state index in [1.807, 2.05) is 0 Å². The minimum Gasteiger partial charge on any atom is -0.493 e. The van der Waals surface area contributed by atoms with Crippen molar-refractivity contribution in [3.05, 3.63) is 12.3 Å². The lowest BCUT2D eigenvalue weighted by Gasteiger charge is -2.28. The molecule has 2 rings (SSSR count). The van der Waals surface area contributed by atoms with Crippen molar-refractivity contribution in [1.29, 1.82) is 0 Å². The van der Waals surface area contributed by atoms with E-state index in [0.29, 0.717) is 17.4 Å². The summed E-state index contributed by atoms with van der Waals surface area (Å²) in [5.41, 5.74) is 0. The number of nitrogens with zero attached hydrogens (tertiary/aromatic N) is 1. The highest BCUT2D eigenvalue weighted by molar-refractivity contribution is 5.46. The van der Waals surface area contributed by atoms with E-state index < -0.39 is 0 Å². The van der Waals surface area contributed by atoms with E-state index in [4.69, 9.17) is 14.2 Å². The number of rotatable bonds is 4. The van der Waals surface area contributed by atoms with E-state index in [2.05, 4.69) is 10.3 Å². The van der Waals surface area contributed by atoms with E-state index in [1.54, 1.807) is 26.5 Å². The van der Waals surface area contributed by atoms with Gasteiger partial charge in [-0.2, -0.15) is 0 Å². The molecule has 1 aliphatic rings. The number of hydrogen-bond acceptors (Lipinski definition) is 5. The zero-order valence-electron chi connectivity index (χ0n) is 8.82. The first-order valence-electron chi connectivity index (χ1n) is 4.79. The summed E-state index contributed by atoms with van der Waals surface area (Å²) in [7, 11) is 3.16. The minimum atomic E-state index is 0.178. The number of hydrogen-bond donors (Lipinski definition) is 1. The molecule has 1 N–H and O–H groups in total. The predicted molar refractivity (Wildman–Crippen MR) is 54.6 cm³/mol. The van der Waals surface area contributed by atoms with Gasteiger partial charge in [-0.1, -0.05) is 0 Å². The Hall–Kier alpha value is -1.49. The first-order chi connectivity index (χ1) is 7.35. The van der Waals surface area contributed by atoms with Gasteiger partial charge >= 0.3 is 0 Å². The van der Waals surface area contributed by atoms with Gasteiger partial charge in [0.15, 0.2) is 5.75 Å². The van der Waals surface area contributed by atoms with Gasteiger partial charge in [0.05, 0.1) is 14.2 Å². The lowest BCUT2D eigenvalue weighted by atomic mass is 10.2. The molecule has 0 atom stereocenters. The van der Waals surface area contributed by atoms with E-state index in [9.17, 15) is 0 Å². The van der Waals surface area contributed by atoms with Crippen LogP contribution >= 0.6 is 0 Å². The van der Waals surface area contributed by atoms with Crippen LogP contribution in [0.3, 0.4) is 0 Å². The highest BCUT2D eigenvalue weighted by atomic mass is 16.5. The average Bonchev–Trinajstić information content (AvgIpc) is 2.23. The lowest BCUT2D eigenvalue weighted by Crippen LogP contribution is -2.50. The summed E-state index contributed by atoms with van der Waals surface area (Å²) in [6.07, 6.45) is 1.81.